The van der Waals surface area contributed by atoms with Gasteiger partial charge in [-0.15, -0.1) is 0 Å². The number of nitrogens with zero attached hydrogens (tertiary/aromatic N) is 3. The lowest BCUT2D eigenvalue weighted by Crippen LogP contribution is -2.67. The van der Waals surface area contributed by atoms with Crippen LogP contribution in [0, 0.1) is 17.1 Å². The molecule has 34 heavy (non-hydrogen) atoms. The molecule has 174 valence electrons. The molecule has 0 saturated carbocycles. The van der Waals surface area contributed by atoms with Gasteiger partial charge in [0.15, 0.2) is 5.54 Å². The number of halogens is 4. The smallest absolute Gasteiger partial charge is 0.417 e. The zero-order chi connectivity index (χ0) is 24.6. The van der Waals surface area contributed by atoms with Crippen molar-refractivity contribution < 1.29 is 37.1 Å². The molecule has 3 aliphatic heterocycles. The van der Waals surface area contributed by atoms with E-state index in [-0.39, 0.29) is 24.1 Å². The van der Waals surface area contributed by atoms with Crippen molar-refractivity contribution in [3.05, 3.63) is 70.5 Å². The number of carbonyl (C=O) groups excluding carboxylic acids is 2. The average Bonchev–Trinajstić information content (AvgIpc) is 3.40. The van der Waals surface area contributed by atoms with Gasteiger partial charge in [0.2, 0.25) is 0 Å². The van der Waals surface area contributed by atoms with Crippen LogP contribution < -0.4 is 5.32 Å². The molecule has 0 aliphatic carbocycles. The topological polar surface area (TPSA) is 114 Å². The molecule has 8 nitrogen and oxygen atoms in total. The maximum atomic E-state index is 13.8. The van der Waals surface area contributed by atoms with Gasteiger partial charge in [0.1, 0.15) is 11.4 Å². The monoisotopic (exact) mass is 474 g/mol. The molecule has 12 heteroatoms. The molecule has 3 unspecified atom stereocenters. The van der Waals surface area contributed by atoms with E-state index < -0.39 is 58.3 Å². The molecular formula is C22H14F4N4O4. The standard InChI is InChI=1S/C22H14F4N4O4/c23-14-5-3-12(4-6-14)20-8-15(10-29(20)19(33)34)30-18(32)28-17(31)21(20,30)13-2-1-11(9-27)16(7-13)22(24,25)26/h1-7,15H,8,10H2,(H,33,34)(H,28,31,32). The van der Waals surface area contributed by atoms with Crippen molar-refractivity contribution in [1.82, 2.24) is 15.1 Å². The second-order valence-electron chi connectivity index (χ2n) is 8.33. The summed E-state index contributed by atoms with van der Waals surface area (Å²) >= 11 is 0. The van der Waals surface area contributed by atoms with E-state index in [0.717, 1.165) is 34.1 Å². The number of carboxylic acid groups (broad SMARTS) is 1. The lowest BCUT2D eigenvalue weighted by atomic mass is 9.67. The highest BCUT2D eigenvalue weighted by molar-refractivity contribution is 6.10. The number of likely N-dealkylation sites (tertiary alicyclic amines) is 1. The fourth-order valence-corrected chi connectivity index (χ4v) is 5.79. The number of amides is 4. The Morgan fingerprint density at radius 3 is 2.38 bits per heavy atom. The molecule has 2 aromatic carbocycles. The molecule has 2 N–H and O–H groups in total. The maximum absolute atomic E-state index is 13.8. The number of rotatable bonds is 2. The van der Waals surface area contributed by atoms with Gasteiger partial charge >= 0.3 is 18.3 Å². The predicted octanol–water partition coefficient (Wildman–Crippen LogP) is 3.12. The number of piperazine rings is 1. The molecule has 0 radical (unpaired) electrons. The summed E-state index contributed by atoms with van der Waals surface area (Å²) < 4.78 is 55.1. The van der Waals surface area contributed by atoms with Gasteiger partial charge in [-0.05, 0) is 35.4 Å². The summed E-state index contributed by atoms with van der Waals surface area (Å²) in [5.41, 5.74) is -6.24. The molecule has 3 heterocycles. The number of nitrogens with one attached hydrogen (secondary N) is 1. The van der Waals surface area contributed by atoms with Gasteiger partial charge in [0.05, 0.1) is 23.2 Å². The molecule has 5 rings (SSSR count). The van der Waals surface area contributed by atoms with Gasteiger partial charge in [-0.1, -0.05) is 18.2 Å². The van der Waals surface area contributed by atoms with Crippen molar-refractivity contribution in [2.75, 3.05) is 6.54 Å². The fourth-order valence-electron chi connectivity index (χ4n) is 5.79. The number of nitriles is 1. The number of hydrogen-bond acceptors (Lipinski definition) is 4. The van der Waals surface area contributed by atoms with Crippen molar-refractivity contribution in [2.45, 2.75) is 29.7 Å². The normalized spacial score (nSPS) is 27.6. The molecule has 3 atom stereocenters. The first-order chi connectivity index (χ1) is 16.0. The Hall–Kier alpha value is -4.14. The molecular weight excluding hydrogens is 460 g/mol. The van der Waals surface area contributed by atoms with Crippen LogP contribution in [0.2, 0.25) is 0 Å². The van der Waals surface area contributed by atoms with E-state index in [2.05, 4.69) is 5.32 Å². The van der Waals surface area contributed by atoms with Gasteiger partial charge in [0.25, 0.3) is 5.91 Å². The molecule has 4 amide bonds. The zero-order valence-corrected chi connectivity index (χ0v) is 17.1. The first-order valence-corrected chi connectivity index (χ1v) is 10.0. The van der Waals surface area contributed by atoms with Gasteiger partial charge < -0.3 is 5.11 Å². The van der Waals surface area contributed by atoms with E-state index in [4.69, 9.17) is 0 Å². The number of carbonyl (C=O) groups is 3. The lowest BCUT2D eigenvalue weighted by Gasteiger charge is -2.51. The van der Waals surface area contributed by atoms with Crippen LogP contribution in [0.3, 0.4) is 0 Å². The Balaban J connectivity index is 1.88. The van der Waals surface area contributed by atoms with E-state index in [0.29, 0.717) is 6.07 Å². The Bertz CT molecular complexity index is 1310. The molecule has 0 aromatic heterocycles. The van der Waals surface area contributed by atoms with E-state index in [1.165, 1.54) is 18.2 Å². The number of urea groups is 1. The summed E-state index contributed by atoms with van der Waals surface area (Å²) in [6, 6.07) is 6.95. The second kappa shape index (κ2) is 6.69. The molecule has 2 aromatic rings. The lowest BCUT2D eigenvalue weighted by molar-refractivity contribution is -0.139. The minimum absolute atomic E-state index is 0.0918. The highest BCUT2D eigenvalue weighted by atomic mass is 19.4. The third-order valence-corrected chi connectivity index (χ3v) is 6.89. The Morgan fingerprint density at radius 1 is 1.15 bits per heavy atom. The first-order valence-electron chi connectivity index (χ1n) is 10.0. The van der Waals surface area contributed by atoms with Crippen molar-refractivity contribution in [2.24, 2.45) is 0 Å². The summed E-state index contributed by atoms with van der Waals surface area (Å²) in [6.07, 6.45) is -6.51. The van der Waals surface area contributed by atoms with Crippen LogP contribution in [0.15, 0.2) is 42.5 Å². The summed E-state index contributed by atoms with van der Waals surface area (Å²) in [7, 11) is 0. The van der Waals surface area contributed by atoms with E-state index >= 15 is 0 Å². The van der Waals surface area contributed by atoms with E-state index in [1.54, 1.807) is 0 Å². The third kappa shape index (κ3) is 2.43. The summed E-state index contributed by atoms with van der Waals surface area (Å²) in [4.78, 5) is 40.6. The van der Waals surface area contributed by atoms with E-state index in [9.17, 15) is 42.3 Å². The molecule has 3 saturated heterocycles. The van der Waals surface area contributed by atoms with Crippen molar-refractivity contribution in [3.63, 3.8) is 0 Å². The largest absolute Gasteiger partial charge is 0.465 e. The number of benzene rings is 2. The van der Waals surface area contributed by atoms with Crippen LogP contribution in [0.25, 0.3) is 0 Å². The van der Waals surface area contributed by atoms with Crippen LogP contribution in [0.5, 0.6) is 0 Å². The third-order valence-electron chi connectivity index (χ3n) is 6.89. The SMILES string of the molecule is N#Cc1ccc(C23C(=O)NC(=O)N2C2CN(C(=O)O)C3(c3ccc(F)cc3)C2)cc1C(F)(F)F. The Kier molecular flexibility index (Phi) is 4.27. The van der Waals surface area contributed by atoms with Gasteiger partial charge in [-0.25, -0.2) is 14.0 Å². The summed E-state index contributed by atoms with van der Waals surface area (Å²) in [5, 5.41) is 21.3. The quantitative estimate of drug-likeness (QED) is 0.513. The van der Waals surface area contributed by atoms with Crippen LogP contribution in [-0.2, 0) is 22.0 Å². The number of fused-ring (bicyclic) bond motifs is 5. The highest BCUT2D eigenvalue weighted by Crippen LogP contribution is 2.63. The molecule has 3 fully saturated rings. The Labute approximate surface area is 189 Å². The van der Waals surface area contributed by atoms with Crippen LogP contribution in [0.1, 0.15) is 28.7 Å². The van der Waals surface area contributed by atoms with E-state index in [1.807, 2.05) is 0 Å². The number of imide groups is 1. The maximum Gasteiger partial charge on any atom is 0.417 e. The predicted molar refractivity (Wildman–Crippen MR) is 104 cm³/mol. The van der Waals surface area contributed by atoms with Crippen molar-refractivity contribution >= 4 is 18.0 Å². The molecule has 0 spiro atoms. The summed E-state index contributed by atoms with van der Waals surface area (Å²) in [5.74, 6) is -1.65. The van der Waals surface area contributed by atoms with Crippen LogP contribution in [0.4, 0.5) is 27.2 Å². The molecule has 2 bridgehead atoms. The second-order valence-corrected chi connectivity index (χ2v) is 8.33. The molecule has 3 aliphatic rings. The minimum Gasteiger partial charge on any atom is -0.465 e. The Morgan fingerprint density at radius 2 is 1.79 bits per heavy atom. The van der Waals surface area contributed by atoms with Crippen molar-refractivity contribution in [3.8, 4) is 6.07 Å². The van der Waals surface area contributed by atoms with Crippen molar-refractivity contribution in [1.29, 1.82) is 5.26 Å². The number of alkyl halides is 3. The van der Waals surface area contributed by atoms with Crippen LogP contribution in [-0.4, -0.2) is 45.5 Å². The van der Waals surface area contributed by atoms with Gasteiger partial charge in [-0.3, -0.25) is 19.9 Å². The average molecular weight is 474 g/mol. The minimum atomic E-state index is -4.96. The summed E-state index contributed by atoms with van der Waals surface area (Å²) in [6.45, 7) is -0.197. The first kappa shape index (κ1) is 21.7. The van der Waals surface area contributed by atoms with Crippen LogP contribution >= 0.6 is 0 Å². The number of hydrogen-bond donors (Lipinski definition) is 2. The zero-order valence-electron chi connectivity index (χ0n) is 17.1. The van der Waals surface area contributed by atoms with Gasteiger partial charge in [0, 0.05) is 13.0 Å². The fraction of sp³-hybridized carbons (Fsp3) is 0.273. The highest BCUT2D eigenvalue weighted by Gasteiger charge is 2.79. The van der Waals surface area contributed by atoms with Gasteiger partial charge in [-0.2, -0.15) is 18.4 Å².